The van der Waals surface area contributed by atoms with Gasteiger partial charge in [-0.1, -0.05) is 120 Å². The maximum atomic E-state index is 2.44. The molecular weight excluding hydrogens is 384 g/mol. The maximum absolute atomic E-state index is 2.44. The first-order chi connectivity index (χ1) is 15.7. The Kier molecular flexibility index (Phi) is 8.89. The fourth-order valence-corrected chi connectivity index (χ4v) is 6.65. The van der Waals surface area contributed by atoms with Gasteiger partial charge in [0.1, 0.15) is 0 Å². The summed E-state index contributed by atoms with van der Waals surface area (Å²) in [5.41, 5.74) is 4.52. The number of hydrogen-bond acceptors (Lipinski definition) is 0. The van der Waals surface area contributed by atoms with Crippen LogP contribution in [0.2, 0.25) is 0 Å². The topological polar surface area (TPSA) is 0 Å². The highest BCUT2D eigenvalue weighted by Crippen LogP contribution is 2.40. The molecule has 1 atom stereocenters. The summed E-state index contributed by atoms with van der Waals surface area (Å²) in [6.45, 7) is 4.70. The average molecular weight is 431 g/mol. The summed E-state index contributed by atoms with van der Waals surface area (Å²) < 4.78 is 0. The fourth-order valence-electron chi connectivity index (χ4n) is 6.65. The van der Waals surface area contributed by atoms with Gasteiger partial charge in [-0.3, -0.25) is 0 Å². The van der Waals surface area contributed by atoms with Gasteiger partial charge in [0.15, 0.2) is 0 Å². The van der Waals surface area contributed by atoms with Crippen molar-refractivity contribution in [3.8, 4) is 0 Å². The minimum absolute atomic E-state index is 0.583. The molecule has 0 nitrogen and oxygen atoms in total. The standard InChI is InChI=1S/C32H46/c1-3-7-26-10-12-27(13-11-26)14-15-28-16-20-31(21-17-28)32-22-18-29(19-23-32)24-25(2)30-8-5-4-6-9-30/h4-6,8-9,18-19,22-23,25-28,31H,3,7,10-17,20-21,24H2,1-2H3/t25-,26?,27?,28?,31?/m1/s1. The van der Waals surface area contributed by atoms with Crippen molar-refractivity contribution in [2.24, 2.45) is 17.8 Å². The van der Waals surface area contributed by atoms with Crippen LogP contribution in [0, 0.1) is 17.8 Å². The molecule has 2 aliphatic rings. The lowest BCUT2D eigenvalue weighted by atomic mass is 9.74. The Morgan fingerprint density at radius 1 is 0.656 bits per heavy atom. The zero-order valence-corrected chi connectivity index (χ0v) is 20.8. The molecule has 174 valence electrons. The highest BCUT2D eigenvalue weighted by Gasteiger charge is 2.25. The van der Waals surface area contributed by atoms with Crippen molar-refractivity contribution in [3.63, 3.8) is 0 Å². The van der Waals surface area contributed by atoms with E-state index in [4.69, 9.17) is 0 Å². The van der Waals surface area contributed by atoms with Crippen LogP contribution in [-0.2, 0) is 6.42 Å². The molecule has 0 heteroatoms. The van der Waals surface area contributed by atoms with Crippen molar-refractivity contribution < 1.29 is 0 Å². The van der Waals surface area contributed by atoms with Gasteiger partial charge in [0.25, 0.3) is 0 Å². The van der Waals surface area contributed by atoms with Crippen LogP contribution in [0.4, 0.5) is 0 Å². The predicted octanol–water partition coefficient (Wildman–Crippen LogP) is 9.69. The summed E-state index contributed by atoms with van der Waals surface area (Å²) >= 11 is 0. The molecule has 4 rings (SSSR count). The van der Waals surface area contributed by atoms with Crippen LogP contribution in [-0.4, -0.2) is 0 Å². The van der Waals surface area contributed by atoms with E-state index < -0.39 is 0 Å². The van der Waals surface area contributed by atoms with E-state index in [0.29, 0.717) is 5.92 Å². The Hall–Kier alpha value is -1.56. The molecule has 0 heterocycles. The van der Waals surface area contributed by atoms with Gasteiger partial charge in [0.2, 0.25) is 0 Å². The van der Waals surface area contributed by atoms with E-state index in [2.05, 4.69) is 68.4 Å². The van der Waals surface area contributed by atoms with Gasteiger partial charge < -0.3 is 0 Å². The predicted molar refractivity (Wildman–Crippen MR) is 139 cm³/mol. The molecular formula is C32H46. The third kappa shape index (κ3) is 6.72. The SMILES string of the molecule is CCCC1CCC(CCC2CCC(c3ccc(C[C@@H](C)c4ccccc4)cc3)CC2)CC1. The summed E-state index contributed by atoms with van der Waals surface area (Å²) in [5.74, 6) is 4.49. The van der Waals surface area contributed by atoms with Gasteiger partial charge in [0.05, 0.1) is 0 Å². The van der Waals surface area contributed by atoms with Crippen molar-refractivity contribution >= 4 is 0 Å². The zero-order chi connectivity index (χ0) is 22.2. The smallest absolute Gasteiger partial charge is 0.0150 e. The van der Waals surface area contributed by atoms with E-state index in [9.17, 15) is 0 Å². The molecule has 2 aromatic carbocycles. The van der Waals surface area contributed by atoms with E-state index in [1.807, 2.05) is 0 Å². The van der Waals surface area contributed by atoms with Crippen LogP contribution < -0.4 is 0 Å². The molecule has 0 amide bonds. The van der Waals surface area contributed by atoms with Gasteiger partial charge in [-0.05, 0) is 78.4 Å². The average Bonchev–Trinajstić information content (AvgIpc) is 2.85. The summed E-state index contributed by atoms with van der Waals surface area (Å²) in [7, 11) is 0. The maximum Gasteiger partial charge on any atom is -0.0150 e. The molecule has 0 spiro atoms. The Morgan fingerprint density at radius 2 is 1.19 bits per heavy atom. The zero-order valence-electron chi connectivity index (χ0n) is 20.8. The molecule has 32 heavy (non-hydrogen) atoms. The van der Waals surface area contributed by atoms with Crippen molar-refractivity contribution in [3.05, 3.63) is 71.3 Å². The molecule has 0 aromatic heterocycles. The first-order valence-electron chi connectivity index (χ1n) is 13.8. The van der Waals surface area contributed by atoms with Gasteiger partial charge in [-0.2, -0.15) is 0 Å². The molecule has 0 radical (unpaired) electrons. The van der Waals surface area contributed by atoms with E-state index in [0.717, 1.165) is 30.1 Å². The van der Waals surface area contributed by atoms with E-state index in [-0.39, 0.29) is 0 Å². The summed E-state index contributed by atoms with van der Waals surface area (Å²) in [6.07, 6.45) is 18.8. The molecule has 0 aliphatic heterocycles. The van der Waals surface area contributed by atoms with Crippen LogP contribution in [0.5, 0.6) is 0 Å². The molecule has 0 unspecified atom stereocenters. The highest BCUT2D eigenvalue weighted by atomic mass is 14.3. The lowest BCUT2D eigenvalue weighted by Crippen LogP contribution is -2.17. The quantitative estimate of drug-likeness (QED) is 0.371. The molecule has 0 bridgehead atoms. The van der Waals surface area contributed by atoms with Crippen molar-refractivity contribution in [1.82, 2.24) is 0 Å². The number of rotatable bonds is 9. The summed E-state index contributed by atoms with van der Waals surface area (Å²) in [4.78, 5) is 0. The van der Waals surface area contributed by atoms with Gasteiger partial charge in [0, 0.05) is 0 Å². The molecule has 2 saturated carbocycles. The fraction of sp³-hybridized carbons (Fsp3) is 0.625. The normalized spacial score (nSPS) is 27.2. The van der Waals surface area contributed by atoms with Crippen molar-refractivity contribution in [1.29, 1.82) is 0 Å². The number of hydrogen-bond donors (Lipinski definition) is 0. The monoisotopic (exact) mass is 430 g/mol. The highest BCUT2D eigenvalue weighted by molar-refractivity contribution is 5.28. The van der Waals surface area contributed by atoms with Crippen LogP contribution in [0.15, 0.2) is 54.6 Å². The Bertz CT molecular complexity index is 757. The molecule has 0 saturated heterocycles. The van der Waals surface area contributed by atoms with Gasteiger partial charge in [-0.25, -0.2) is 0 Å². The van der Waals surface area contributed by atoms with Crippen LogP contribution >= 0.6 is 0 Å². The summed E-state index contributed by atoms with van der Waals surface area (Å²) in [5, 5.41) is 0. The molecule has 2 aliphatic carbocycles. The lowest BCUT2D eigenvalue weighted by molar-refractivity contribution is 0.224. The van der Waals surface area contributed by atoms with Crippen molar-refractivity contribution in [2.75, 3.05) is 0 Å². The second-order valence-corrected chi connectivity index (χ2v) is 11.2. The molecule has 2 fully saturated rings. The Balaban J connectivity index is 1.17. The van der Waals surface area contributed by atoms with E-state index in [1.165, 1.54) is 88.2 Å². The minimum Gasteiger partial charge on any atom is -0.0654 e. The van der Waals surface area contributed by atoms with Crippen LogP contribution in [0.25, 0.3) is 0 Å². The number of benzene rings is 2. The Labute approximate surface area is 198 Å². The largest absolute Gasteiger partial charge is 0.0654 e. The third-order valence-corrected chi connectivity index (χ3v) is 8.85. The van der Waals surface area contributed by atoms with E-state index in [1.54, 1.807) is 5.56 Å². The lowest BCUT2D eigenvalue weighted by Gasteiger charge is -2.32. The Morgan fingerprint density at radius 3 is 1.75 bits per heavy atom. The second kappa shape index (κ2) is 12.1. The third-order valence-electron chi connectivity index (χ3n) is 8.85. The second-order valence-electron chi connectivity index (χ2n) is 11.2. The first kappa shape index (κ1) is 23.6. The molecule has 0 N–H and O–H groups in total. The van der Waals surface area contributed by atoms with E-state index >= 15 is 0 Å². The first-order valence-corrected chi connectivity index (χ1v) is 13.8. The molecule has 2 aromatic rings. The van der Waals surface area contributed by atoms with Crippen molar-refractivity contribution in [2.45, 2.75) is 109 Å². The van der Waals surface area contributed by atoms with Crippen LogP contribution in [0.1, 0.15) is 119 Å². The minimum atomic E-state index is 0.583. The van der Waals surface area contributed by atoms with Crippen LogP contribution in [0.3, 0.4) is 0 Å². The van der Waals surface area contributed by atoms with Gasteiger partial charge >= 0.3 is 0 Å². The van der Waals surface area contributed by atoms with Gasteiger partial charge in [-0.15, -0.1) is 0 Å². The summed E-state index contributed by atoms with van der Waals surface area (Å²) in [6, 6.07) is 20.6.